The Morgan fingerprint density at radius 1 is 1.29 bits per heavy atom. The third-order valence-electron chi connectivity index (χ3n) is 3.65. The normalized spacial score (nSPS) is 11.0. The fraction of sp³-hybridized carbons (Fsp3) is 0.375. The lowest BCUT2D eigenvalue weighted by atomic mass is 10.2. The first-order valence-corrected chi connectivity index (χ1v) is 8.93. The van der Waals surface area contributed by atoms with Crippen molar-refractivity contribution < 1.29 is 0 Å². The zero-order chi connectivity index (χ0) is 16.9. The number of anilines is 1. The second-order valence-electron chi connectivity index (χ2n) is 5.52. The molecule has 3 rings (SSSR count). The summed E-state index contributed by atoms with van der Waals surface area (Å²) in [6, 6.07) is 1.91. The minimum atomic E-state index is 0.646. The summed E-state index contributed by atoms with van der Waals surface area (Å²) in [4.78, 5) is 16.3. The fourth-order valence-corrected chi connectivity index (χ4v) is 3.26. The van der Waals surface area contributed by atoms with E-state index in [9.17, 15) is 0 Å². The molecule has 0 aromatic carbocycles. The third-order valence-corrected chi connectivity index (χ3v) is 4.62. The van der Waals surface area contributed by atoms with E-state index in [1.54, 1.807) is 17.2 Å². The van der Waals surface area contributed by atoms with Crippen LogP contribution in [0.25, 0.3) is 11.3 Å². The molecule has 7 nitrogen and oxygen atoms in total. The Labute approximate surface area is 145 Å². The van der Waals surface area contributed by atoms with Gasteiger partial charge >= 0.3 is 0 Å². The summed E-state index contributed by atoms with van der Waals surface area (Å²) in [6.07, 6.45) is 5.49. The number of aryl methyl sites for hydroxylation is 3. The average molecular weight is 343 g/mol. The molecule has 8 heteroatoms. The van der Waals surface area contributed by atoms with Gasteiger partial charge in [-0.1, -0.05) is 0 Å². The average Bonchev–Trinajstić information content (AvgIpc) is 3.12. The number of rotatable bonds is 7. The fourth-order valence-electron chi connectivity index (χ4n) is 2.38. The molecule has 0 aliphatic carbocycles. The van der Waals surface area contributed by atoms with Crippen molar-refractivity contribution >= 4 is 17.7 Å². The Balaban J connectivity index is 1.52. The molecule has 0 aliphatic heterocycles. The number of aromatic amines is 1. The van der Waals surface area contributed by atoms with Crippen molar-refractivity contribution in [2.75, 3.05) is 17.6 Å². The monoisotopic (exact) mass is 343 g/mol. The molecule has 3 heterocycles. The van der Waals surface area contributed by atoms with Crippen molar-refractivity contribution in [3.05, 3.63) is 41.9 Å². The zero-order valence-corrected chi connectivity index (χ0v) is 14.9. The van der Waals surface area contributed by atoms with Gasteiger partial charge in [-0.2, -0.15) is 16.9 Å². The molecule has 0 amide bonds. The predicted molar refractivity (Wildman–Crippen MR) is 96.9 cm³/mol. The lowest BCUT2D eigenvalue weighted by Gasteiger charge is -2.06. The van der Waals surface area contributed by atoms with Crippen LogP contribution in [0.4, 0.5) is 5.95 Å². The molecule has 0 radical (unpaired) electrons. The summed E-state index contributed by atoms with van der Waals surface area (Å²) in [5.41, 5.74) is 5.14. The summed E-state index contributed by atoms with van der Waals surface area (Å²) in [7, 11) is 1.91. The first kappa shape index (κ1) is 16.5. The third kappa shape index (κ3) is 3.94. The van der Waals surface area contributed by atoms with Crippen LogP contribution in [0.2, 0.25) is 0 Å². The molecule has 24 heavy (non-hydrogen) atoms. The smallest absolute Gasteiger partial charge is 0.223 e. The van der Waals surface area contributed by atoms with E-state index in [4.69, 9.17) is 0 Å². The summed E-state index contributed by atoms with van der Waals surface area (Å²) < 4.78 is 1.80. The summed E-state index contributed by atoms with van der Waals surface area (Å²) >= 11 is 1.84. The topological polar surface area (TPSA) is 84.3 Å². The van der Waals surface area contributed by atoms with Gasteiger partial charge in [-0.15, -0.1) is 0 Å². The highest BCUT2D eigenvalue weighted by atomic mass is 32.2. The highest BCUT2D eigenvalue weighted by molar-refractivity contribution is 7.98. The molecule has 0 fully saturated rings. The molecule has 3 aromatic heterocycles. The number of hydrogen-bond acceptors (Lipinski definition) is 6. The van der Waals surface area contributed by atoms with Crippen molar-refractivity contribution in [2.24, 2.45) is 7.05 Å². The largest absolute Gasteiger partial charge is 0.353 e. The summed E-state index contributed by atoms with van der Waals surface area (Å²) in [5.74, 6) is 2.52. The second kappa shape index (κ2) is 7.48. The number of thioether (sulfide) groups is 1. The van der Waals surface area contributed by atoms with Crippen LogP contribution in [-0.2, 0) is 12.8 Å². The molecule has 2 N–H and O–H groups in total. The van der Waals surface area contributed by atoms with Crippen molar-refractivity contribution in [1.82, 2.24) is 29.7 Å². The Morgan fingerprint density at radius 3 is 2.88 bits per heavy atom. The molecule has 126 valence electrons. The lowest BCUT2D eigenvalue weighted by Crippen LogP contribution is -2.08. The molecule has 0 aliphatic rings. The van der Waals surface area contributed by atoms with Crippen molar-refractivity contribution in [3.63, 3.8) is 0 Å². The van der Waals surface area contributed by atoms with E-state index in [1.165, 1.54) is 0 Å². The van der Waals surface area contributed by atoms with E-state index in [-0.39, 0.29) is 0 Å². The van der Waals surface area contributed by atoms with E-state index in [2.05, 4.69) is 30.4 Å². The number of nitrogens with zero attached hydrogens (tertiary/aromatic N) is 5. The molecular formula is C16H21N7S. The van der Waals surface area contributed by atoms with E-state index in [0.717, 1.165) is 46.4 Å². The van der Waals surface area contributed by atoms with Gasteiger partial charge in [0.05, 0.1) is 23.4 Å². The van der Waals surface area contributed by atoms with Crippen LogP contribution in [0.3, 0.4) is 0 Å². The van der Waals surface area contributed by atoms with Gasteiger partial charge in [0.15, 0.2) is 0 Å². The number of aromatic nitrogens is 6. The Kier molecular flexibility index (Phi) is 5.14. The molecule has 0 spiro atoms. The SMILES string of the molecule is Cc1nn(C)cc1-c1ccnc(NCCSCc2nc[nH]c2C)n1. The van der Waals surface area contributed by atoms with Gasteiger partial charge in [0, 0.05) is 48.7 Å². The molecule has 0 unspecified atom stereocenters. The maximum Gasteiger partial charge on any atom is 0.223 e. The molecule has 0 atom stereocenters. The van der Waals surface area contributed by atoms with E-state index >= 15 is 0 Å². The highest BCUT2D eigenvalue weighted by Gasteiger charge is 2.08. The maximum atomic E-state index is 4.58. The van der Waals surface area contributed by atoms with Crippen LogP contribution in [0.1, 0.15) is 17.1 Å². The van der Waals surface area contributed by atoms with E-state index < -0.39 is 0 Å². The number of nitrogens with one attached hydrogen (secondary N) is 2. The maximum absolute atomic E-state index is 4.58. The van der Waals surface area contributed by atoms with Gasteiger partial charge in [-0.25, -0.2) is 15.0 Å². The van der Waals surface area contributed by atoms with Crippen molar-refractivity contribution in [1.29, 1.82) is 0 Å². The van der Waals surface area contributed by atoms with Gasteiger partial charge in [0.1, 0.15) is 0 Å². The Hall–Kier alpha value is -2.35. The van der Waals surface area contributed by atoms with Crippen LogP contribution < -0.4 is 5.32 Å². The van der Waals surface area contributed by atoms with Gasteiger partial charge in [0.25, 0.3) is 0 Å². The molecule has 0 bridgehead atoms. The standard InChI is InChI=1S/C16H21N7S/c1-11-13(8-23(3)22-11)14-4-5-17-16(21-14)18-6-7-24-9-15-12(2)19-10-20-15/h4-5,8,10H,6-7,9H2,1-3H3,(H,19,20)(H,17,18,21). The van der Waals surface area contributed by atoms with Gasteiger partial charge in [0.2, 0.25) is 5.95 Å². The molecule has 0 saturated heterocycles. The van der Waals surface area contributed by atoms with Gasteiger partial charge in [-0.05, 0) is 19.9 Å². The van der Waals surface area contributed by atoms with Gasteiger partial charge < -0.3 is 10.3 Å². The Bertz CT molecular complexity index is 808. The zero-order valence-electron chi connectivity index (χ0n) is 14.1. The number of H-pyrrole nitrogens is 1. The number of imidazole rings is 1. The highest BCUT2D eigenvalue weighted by Crippen LogP contribution is 2.20. The van der Waals surface area contributed by atoms with Crippen LogP contribution in [-0.4, -0.2) is 42.0 Å². The van der Waals surface area contributed by atoms with Crippen LogP contribution in [0.15, 0.2) is 24.8 Å². The minimum Gasteiger partial charge on any atom is -0.353 e. The lowest BCUT2D eigenvalue weighted by molar-refractivity contribution is 0.756. The minimum absolute atomic E-state index is 0.646. The van der Waals surface area contributed by atoms with E-state index in [1.807, 2.05) is 44.9 Å². The van der Waals surface area contributed by atoms with Crippen LogP contribution in [0.5, 0.6) is 0 Å². The Morgan fingerprint density at radius 2 is 2.17 bits per heavy atom. The summed E-state index contributed by atoms with van der Waals surface area (Å²) in [5, 5.41) is 7.64. The van der Waals surface area contributed by atoms with Gasteiger partial charge in [-0.3, -0.25) is 4.68 Å². The molecule has 0 saturated carbocycles. The summed E-state index contributed by atoms with van der Waals surface area (Å²) in [6.45, 7) is 4.84. The first-order valence-electron chi connectivity index (χ1n) is 7.77. The molecular weight excluding hydrogens is 322 g/mol. The molecule has 3 aromatic rings. The number of hydrogen-bond donors (Lipinski definition) is 2. The quantitative estimate of drug-likeness (QED) is 0.642. The second-order valence-corrected chi connectivity index (χ2v) is 6.63. The first-order chi connectivity index (χ1) is 11.6. The van der Waals surface area contributed by atoms with Crippen molar-refractivity contribution in [2.45, 2.75) is 19.6 Å². The van der Waals surface area contributed by atoms with Crippen LogP contribution >= 0.6 is 11.8 Å². The van der Waals surface area contributed by atoms with E-state index in [0.29, 0.717) is 5.95 Å². The predicted octanol–water partition coefficient (Wildman–Crippen LogP) is 2.56. The van der Waals surface area contributed by atoms with Crippen molar-refractivity contribution in [3.8, 4) is 11.3 Å². The van der Waals surface area contributed by atoms with Crippen LogP contribution in [0, 0.1) is 13.8 Å².